The van der Waals surface area contributed by atoms with E-state index in [9.17, 15) is 4.79 Å². The highest BCUT2D eigenvalue weighted by molar-refractivity contribution is 6.45. The lowest BCUT2D eigenvalue weighted by Gasteiger charge is -2.02. The average Bonchev–Trinajstić information content (AvgIpc) is 2.48. The molecule has 3 nitrogen and oxygen atoms in total. The third-order valence-electron chi connectivity index (χ3n) is 2.64. The second-order valence-electron chi connectivity index (χ2n) is 4.13. The minimum absolute atomic E-state index is 0.117. The molecule has 0 unspecified atom stereocenters. The Hall–Kier alpha value is -2.42. The molecule has 0 aliphatic carbocycles. The van der Waals surface area contributed by atoms with Crippen molar-refractivity contribution in [2.24, 2.45) is 5.16 Å². The predicted molar refractivity (Wildman–Crippen MR) is 75.1 cm³/mol. The SMILES string of the molecule is CC(=NOCc1ccccc1)C(=O)c1ccccc1. The van der Waals surface area contributed by atoms with Gasteiger partial charge < -0.3 is 4.84 Å². The van der Waals surface area contributed by atoms with Crippen LogP contribution >= 0.6 is 0 Å². The van der Waals surface area contributed by atoms with Crippen LogP contribution in [0.25, 0.3) is 0 Å². The Kier molecular flexibility index (Phi) is 4.45. The van der Waals surface area contributed by atoms with Crippen molar-refractivity contribution < 1.29 is 9.63 Å². The largest absolute Gasteiger partial charge is 0.391 e. The lowest BCUT2D eigenvalue weighted by molar-refractivity contribution is 0.103. The first-order valence-electron chi connectivity index (χ1n) is 6.07. The second-order valence-corrected chi connectivity index (χ2v) is 4.13. The molecule has 2 aromatic rings. The van der Waals surface area contributed by atoms with Crippen LogP contribution in [0.15, 0.2) is 65.8 Å². The molecule has 2 aromatic carbocycles. The Morgan fingerprint density at radius 3 is 2.21 bits per heavy atom. The minimum Gasteiger partial charge on any atom is -0.391 e. The van der Waals surface area contributed by atoms with E-state index in [-0.39, 0.29) is 5.78 Å². The number of rotatable bonds is 5. The van der Waals surface area contributed by atoms with E-state index in [0.29, 0.717) is 17.9 Å². The highest BCUT2D eigenvalue weighted by atomic mass is 16.6. The van der Waals surface area contributed by atoms with Gasteiger partial charge in [-0.05, 0) is 12.5 Å². The molecule has 0 spiro atoms. The Balaban J connectivity index is 1.94. The standard InChI is InChI=1S/C16H15NO2/c1-13(16(18)15-10-6-3-7-11-15)17-19-12-14-8-4-2-5-9-14/h2-11H,12H2,1H3. The van der Waals surface area contributed by atoms with Gasteiger partial charge in [-0.3, -0.25) is 4.79 Å². The van der Waals surface area contributed by atoms with E-state index in [4.69, 9.17) is 4.84 Å². The molecule has 0 atom stereocenters. The van der Waals surface area contributed by atoms with Gasteiger partial charge in [0.15, 0.2) is 0 Å². The summed E-state index contributed by atoms with van der Waals surface area (Å²) in [6.07, 6.45) is 0. The molecule has 0 fully saturated rings. The van der Waals surface area contributed by atoms with E-state index in [1.165, 1.54) is 0 Å². The van der Waals surface area contributed by atoms with E-state index in [1.54, 1.807) is 19.1 Å². The highest BCUT2D eigenvalue weighted by Gasteiger charge is 2.09. The fourth-order valence-electron chi connectivity index (χ4n) is 1.62. The highest BCUT2D eigenvalue weighted by Crippen LogP contribution is 2.04. The summed E-state index contributed by atoms with van der Waals surface area (Å²) >= 11 is 0. The van der Waals surface area contributed by atoms with E-state index in [2.05, 4.69) is 5.16 Å². The summed E-state index contributed by atoms with van der Waals surface area (Å²) in [5.41, 5.74) is 1.99. The molecule has 0 saturated carbocycles. The first kappa shape index (κ1) is 13.0. The van der Waals surface area contributed by atoms with Crippen LogP contribution in [-0.4, -0.2) is 11.5 Å². The van der Waals surface area contributed by atoms with Crippen LogP contribution in [0.5, 0.6) is 0 Å². The van der Waals surface area contributed by atoms with Crippen molar-refractivity contribution in [1.82, 2.24) is 0 Å². The quantitative estimate of drug-likeness (QED) is 0.465. The zero-order valence-electron chi connectivity index (χ0n) is 10.7. The Bertz CT molecular complexity index is 562. The molecule has 19 heavy (non-hydrogen) atoms. The number of hydrogen-bond acceptors (Lipinski definition) is 3. The van der Waals surface area contributed by atoms with Gasteiger partial charge in [-0.1, -0.05) is 65.8 Å². The second kappa shape index (κ2) is 6.50. The molecule has 0 aromatic heterocycles. The number of hydrogen-bond donors (Lipinski definition) is 0. The number of benzene rings is 2. The van der Waals surface area contributed by atoms with Crippen molar-refractivity contribution >= 4 is 11.5 Å². The maximum Gasteiger partial charge on any atom is 0.210 e. The smallest absolute Gasteiger partial charge is 0.210 e. The minimum atomic E-state index is -0.117. The molecule has 2 rings (SSSR count). The molecule has 0 aliphatic heterocycles. The van der Waals surface area contributed by atoms with Gasteiger partial charge in [0.2, 0.25) is 5.78 Å². The van der Waals surface area contributed by atoms with Gasteiger partial charge in [-0.2, -0.15) is 0 Å². The molecular formula is C16H15NO2. The number of nitrogens with zero attached hydrogens (tertiary/aromatic N) is 1. The molecule has 0 radical (unpaired) electrons. The van der Waals surface area contributed by atoms with E-state index >= 15 is 0 Å². The first-order valence-corrected chi connectivity index (χ1v) is 6.07. The zero-order valence-corrected chi connectivity index (χ0v) is 10.7. The lowest BCUT2D eigenvalue weighted by Crippen LogP contribution is -2.10. The summed E-state index contributed by atoms with van der Waals surface area (Å²) in [7, 11) is 0. The zero-order chi connectivity index (χ0) is 13.5. The van der Waals surface area contributed by atoms with Gasteiger partial charge in [0.1, 0.15) is 12.3 Å². The van der Waals surface area contributed by atoms with Gasteiger partial charge >= 0.3 is 0 Å². The van der Waals surface area contributed by atoms with Gasteiger partial charge in [-0.25, -0.2) is 0 Å². The molecule has 0 aliphatic rings. The van der Waals surface area contributed by atoms with Gasteiger partial charge in [0.05, 0.1) is 0 Å². The summed E-state index contributed by atoms with van der Waals surface area (Å²) in [4.78, 5) is 17.2. The summed E-state index contributed by atoms with van der Waals surface area (Å²) in [5.74, 6) is -0.117. The third-order valence-corrected chi connectivity index (χ3v) is 2.64. The fraction of sp³-hybridized carbons (Fsp3) is 0.125. The van der Waals surface area contributed by atoms with Crippen molar-refractivity contribution in [3.05, 3.63) is 71.8 Å². The molecule has 0 amide bonds. The first-order chi connectivity index (χ1) is 9.27. The maximum absolute atomic E-state index is 12.0. The maximum atomic E-state index is 12.0. The van der Waals surface area contributed by atoms with E-state index in [0.717, 1.165) is 5.56 Å². The molecule has 0 saturated heterocycles. The van der Waals surface area contributed by atoms with Crippen molar-refractivity contribution in [3.8, 4) is 0 Å². The van der Waals surface area contributed by atoms with Crippen LogP contribution in [0.3, 0.4) is 0 Å². The number of carbonyl (C=O) groups is 1. The van der Waals surface area contributed by atoms with Gasteiger partial charge in [-0.15, -0.1) is 0 Å². The lowest BCUT2D eigenvalue weighted by atomic mass is 10.1. The topological polar surface area (TPSA) is 38.7 Å². The number of ketones is 1. The Morgan fingerprint density at radius 1 is 1.00 bits per heavy atom. The average molecular weight is 253 g/mol. The molecule has 0 bridgehead atoms. The van der Waals surface area contributed by atoms with Crippen molar-refractivity contribution in [2.75, 3.05) is 0 Å². The fourth-order valence-corrected chi connectivity index (χ4v) is 1.62. The van der Waals surface area contributed by atoms with Crippen LogP contribution in [0, 0.1) is 0 Å². The van der Waals surface area contributed by atoms with Crippen molar-refractivity contribution in [2.45, 2.75) is 13.5 Å². The summed E-state index contributed by atoms with van der Waals surface area (Å²) in [5, 5.41) is 3.86. The molecule has 3 heteroatoms. The summed E-state index contributed by atoms with van der Waals surface area (Å²) in [6.45, 7) is 2.01. The van der Waals surface area contributed by atoms with Crippen LogP contribution in [-0.2, 0) is 11.4 Å². The Morgan fingerprint density at radius 2 is 1.58 bits per heavy atom. The molecular weight excluding hydrogens is 238 g/mol. The van der Waals surface area contributed by atoms with Crippen LogP contribution in [0.1, 0.15) is 22.8 Å². The monoisotopic (exact) mass is 253 g/mol. The van der Waals surface area contributed by atoms with Crippen LogP contribution in [0.4, 0.5) is 0 Å². The normalized spacial score (nSPS) is 11.1. The van der Waals surface area contributed by atoms with E-state index in [1.807, 2.05) is 48.5 Å². The predicted octanol–water partition coefficient (Wildman–Crippen LogP) is 3.46. The molecule has 0 heterocycles. The van der Waals surface area contributed by atoms with Gasteiger partial charge in [0.25, 0.3) is 0 Å². The van der Waals surface area contributed by atoms with Crippen LogP contribution < -0.4 is 0 Å². The van der Waals surface area contributed by atoms with E-state index < -0.39 is 0 Å². The summed E-state index contributed by atoms with van der Waals surface area (Å²) < 4.78 is 0. The van der Waals surface area contributed by atoms with Crippen molar-refractivity contribution in [3.63, 3.8) is 0 Å². The number of Topliss-reactive ketones (excluding diaryl/α,β-unsaturated/α-hetero) is 1. The molecule has 0 N–H and O–H groups in total. The van der Waals surface area contributed by atoms with Gasteiger partial charge in [0, 0.05) is 5.56 Å². The summed E-state index contributed by atoms with van der Waals surface area (Å²) in [6, 6.07) is 18.8. The third kappa shape index (κ3) is 3.78. The van der Waals surface area contributed by atoms with Crippen LogP contribution in [0.2, 0.25) is 0 Å². The Labute approximate surface area is 112 Å². The number of oxime groups is 1. The molecule has 96 valence electrons. The van der Waals surface area contributed by atoms with Crippen molar-refractivity contribution in [1.29, 1.82) is 0 Å². The number of carbonyl (C=O) groups excluding carboxylic acids is 1.